The van der Waals surface area contributed by atoms with Gasteiger partial charge in [-0.25, -0.2) is 9.59 Å². The summed E-state index contributed by atoms with van der Waals surface area (Å²) >= 11 is 0. The first kappa shape index (κ1) is 24.8. The zero-order chi connectivity index (χ0) is 25.2. The lowest BCUT2D eigenvalue weighted by Crippen LogP contribution is -2.52. The third-order valence-corrected chi connectivity index (χ3v) is 7.19. The minimum absolute atomic E-state index is 0.0225. The van der Waals surface area contributed by atoms with Crippen molar-refractivity contribution in [2.75, 3.05) is 6.61 Å². The molecular formula is C28H34N2O5. The van der Waals surface area contributed by atoms with Crippen LogP contribution in [0.2, 0.25) is 0 Å². The molecule has 1 unspecified atom stereocenters. The first-order valence-electron chi connectivity index (χ1n) is 12.3. The lowest BCUT2D eigenvalue weighted by atomic mass is 9.78. The van der Waals surface area contributed by atoms with E-state index in [1.54, 1.807) is 20.8 Å². The summed E-state index contributed by atoms with van der Waals surface area (Å²) in [5, 5.41) is 15.0. The molecular weight excluding hydrogens is 444 g/mol. The van der Waals surface area contributed by atoms with Gasteiger partial charge < -0.3 is 20.5 Å². The number of fused-ring (bicyclic) bond motifs is 3. The molecule has 1 fully saturated rings. The summed E-state index contributed by atoms with van der Waals surface area (Å²) < 4.78 is 5.67. The number of carbonyl (C=O) groups is 3. The Balaban J connectivity index is 1.38. The van der Waals surface area contributed by atoms with Gasteiger partial charge in [-0.3, -0.25) is 4.79 Å². The highest BCUT2D eigenvalue weighted by Crippen LogP contribution is 2.44. The molecule has 0 aromatic heterocycles. The predicted molar refractivity (Wildman–Crippen MR) is 133 cm³/mol. The van der Waals surface area contributed by atoms with E-state index in [1.165, 1.54) is 0 Å². The fourth-order valence-corrected chi connectivity index (χ4v) is 5.04. The predicted octanol–water partition coefficient (Wildman–Crippen LogP) is 4.70. The molecule has 7 heteroatoms. The van der Waals surface area contributed by atoms with Gasteiger partial charge in [0.15, 0.2) is 0 Å². The third kappa shape index (κ3) is 5.50. The average molecular weight is 479 g/mol. The maximum Gasteiger partial charge on any atom is 0.407 e. The molecule has 3 N–H and O–H groups in total. The number of carboxylic acid groups (broad SMARTS) is 1. The van der Waals surface area contributed by atoms with E-state index in [-0.39, 0.29) is 30.8 Å². The van der Waals surface area contributed by atoms with Crippen molar-refractivity contribution in [1.82, 2.24) is 10.6 Å². The van der Waals surface area contributed by atoms with Gasteiger partial charge in [0.05, 0.1) is 0 Å². The molecule has 0 aliphatic heterocycles. The Labute approximate surface area is 206 Å². The number of benzene rings is 2. The molecule has 2 aromatic rings. The molecule has 1 saturated carbocycles. The maximum absolute atomic E-state index is 12.8. The molecule has 2 atom stereocenters. The first-order chi connectivity index (χ1) is 16.6. The van der Waals surface area contributed by atoms with Crippen molar-refractivity contribution in [3.63, 3.8) is 0 Å². The first-order valence-corrected chi connectivity index (χ1v) is 12.3. The molecule has 186 valence electrons. The van der Waals surface area contributed by atoms with Crippen LogP contribution < -0.4 is 10.6 Å². The summed E-state index contributed by atoms with van der Waals surface area (Å²) in [5.41, 5.74) is 3.96. The molecule has 0 spiro atoms. The summed E-state index contributed by atoms with van der Waals surface area (Å²) in [6.07, 6.45) is 2.36. The maximum atomic E-state index is 12.8. The second-order valence-electron chi connectivity index (χ2n) is 10.7. The van der Waals surface area contributed by atoms with E-state index >= 15 is 0 Å². The monoisotopic (exact) mass is 478 g/mol. The van der Waals surface area contributed by atoms with Gasteiger partial charge in [0, 0.05) is 18.4 Å². The van der Waals surface area contributed by atoms with Gasteiger partial charge in [0.25, 0.3) is 0 Å². The minimum atomic E-state index is -1.07. The van der Waals surface area contributed by atoms with Crippen molar-refractivity contribution in [2.45, 2.75) is 64.5 Å². The van der Waals surface area contributed by atoms with E-state index in [0.29, 0.717) is 0 Å². The van der Waals surface area contributed by atoms with E-state index in [9.17, 15) is 19.5 Å². The van der Waals surface area contributed by atoms with Crippen LogP contribution in [-0.4, -0.2) is 41.8 Å². The van der Waals surface area contributed by atoms with Crippen molar-refractivity contribution < 1.29 is 24.2 Å². The van der Waals surface area contributed by atoms with Crippen LogP contribution in [0.1, 0.15) is 63.5 Å². The molecule has 0 bridgehead atoms. The Morgan fingerprint density at radius 1 is 0.971 bits per heavy atom. The van der Waals surface area contributed by atoms with Gasteiger partial charge in [0.2, 0.25) is 5.91 Å². The molecule has 7 nitrogen and oxygen atoms in total. The number of carbonyl (C=O) groups excluding carboxylic acids is 2. The van der Waals surface area contributed by atoms with E-state index in [4.69, 9.17) is 4.74 Å². The van der Waals surface area contributed by atoms with Crippen molar-refractivity contribution in [3.05, 3.63) is 59.7 Å². The van der Waals surface area contributed by atoms with Crippen LogP contribution >= 0.6 is 0 Å². The summed E-state index contributed by atoms with van der Waals surface area (Å²) in [6.45, 7) is 5.51. The number of nitrogens with one attached hydrogen (secondary N) is 2. The van der Waals surface area contributed by atoms with Crippen LogP contribution in [0.25, 0.3) is 11.1 Å². The fraction of sp³-hybridized carbons (Fsp3) is 0.464. The van der Waals surface area contributed by atoms with Crippen molar-refractivity contribution in [2.24, 2.45) is 11.3 Å². The summed E-state index contributed by atoms with van der Waals surface area (Å²) in [7, 11) is 0. The van der Waals surface area contributed by atoms with Crippen LogP contribution in [-0.2, 0) is 14.3 Å². The second-order valence-corrected chi connectivity index (χ2v) is 10.7. The number of rotatable bonds is 8. The zero-order valence-corrected chi connectivity index (χ0v) is 20.5. The Hall–Kier alpha value is -3.35. The smallest absolute Gasteiger partial charge is 0.407 e. The van der Waals surface area contributed by atoms with Crippen LogP contribution in [0.15, 0.2) is 48.5 Å². The van der Waals surface area contributed by atoms with Crippen molar-refractivity contribution >= 4 is 18.0 Å². The van der Waals surface area contributed by atoms with Gasteiger partial charge in [-0.05, 0) is 46.4 Å². The van der Waals surface area contributed by atoms with Gasteiger partial charge in [0.1, 0.15) is 12.6 Å². The highest BCUT2D eigenvalue weighted by Gasteiger charge is 2.36. The zero-order valence-electron chi connectivity index (χ0n) is 20.5. The molecule has 0 saturated heterocycles. The highest BCUT2D eigenvalue weighted by atomic mass is 16.5. The largest absolute Gasteiger partial charge is 0.480 e. The number of hydrogen-bond acceptors (Lipinski definition) is 4. The fourth-order valence-electron chi connectivity index (χ4n) is 5.04. The number of amides is 2. The Morgan fingerprint density at radius 2 is 1.54 bits per heavy atom. The quantitative estimate of drug-likeness (QED) is 0.510. The molecule has 2 amide bonds. The lowest BCUT2D eigenvalue weighted by Gasteiger charge is -2.34. The molecule has 2 aliphatic carbocycles. The van der Waals surface area contributed by atoms with Gasteiger partial charge in [-0.1, -0.05) is 75.7 Å². The van der Waals surface area contributed by atoms with Crippen LogP contribution in [0, 0.1) is 11.3 Å². The molecule has 2 aromatic carbocycles. The Kier molecular flexibility index (Phi) is 7.15. The summed E-state index contributed by atoms with van der Waals surface area (Å²) in [6, 6.07) is 14.9. The molecule has 2 aliphatic rings. The number of ether oxygens (including phenoxy) is 1. The Bertz CT molecular complexity index is 1060. The van der Waals surface area contributed by atoms with E-state index < -0.39 is 29.6 Å². The molecule has 0 heterocycles. The standard InChI is InChI=1S/C28H34N2O5/c1-28(2,3)25(26(32)33)30-24(31)15-23(17-9-8-10-17)29-27(34)35-16-22-20-13-6-4-11-18(20)19-12-5-7-14-21(19)22/h4-7,11-14,17,22-23,25H,8-10,15-16H2,1-3H3,(H,29,34)(H,30,31)(H,32,33)/t23?,25-/m1/s1. The van der Waals surface area contributed by atoms with Gasteiger partial charge in [-0.2, -0.15) is 0 Å². The SMILES string of the molecule is CC(C)(C)[C@H](NC(=O)CC(NC(=O)OCC1c2ccccc2-c2ccccc21)C1CCC1)C(=O)O. The van der Waals surface area contributed by atoms with Crippen molar-refractivity contribution in [3.8, 4) is 11.1 Å². The van der Waals surface area contributed by atoms with Gasteiger partial charge >= 0.3 is 12.1 Å². The van der Waals surface area contributed by atoms with E-state index in [1.807, 2.05) is 24.3 Å². The van der Waals surface area contributed by atoms with Crippen LogP contribution in [0.3, 0.4) is 0 Å². The van der Waals surface area contributed by atoms with Crippen LogP contribution in [0.5, 0.6) is 0 Å². The number of carboxylic acids is 1. The van der Waals surface area contributed by atoms with Crippen LogP contribution in [0.4, 0.5) is 4.79 Å². The lowest BCUT2D eigenvalue weighted by molar-refractivity contribution is -0.145. The molecule has 0 radical (unpaired) electrons. The minimum Gasteiger partial charge on any atom is -0.480 e. The third-order valence-electron chi connectivity index (χ3n) is 7.19. The highest BCUT2D eigenvalue weighted by molar-refractivity contribution is 5.85. The van der Waals surface area contributed by atoms with Gasteiger partial charge in [-0.15, -0.1) is 0 Å². The summed E-state index contributed by atoms with van der Waals surface area (Å²) in [4.78, 5) is 37.1. The Morgan fingerprint density at radius 3 is 2.03 bits per heavy atom. The normalized spacial score (nSPS) is 16.9. The average Bonchev–Trinajstić information content (AvgIpc) is 3.07. The number of aliphatic carboxylic acids is 1. The second kappa shape index (κ2) is 10.1. The molecule has 4 rings (SSSR count). The van der Waals surface area contributed by atoms with E-state index in [0.717, 1.165) is 41.5 Å². The van der Waals surface area contributed by atoms with Crippen molar-refractivity contribution in [1.29, 1.82) is 0 Å². The van der Waals surface area contributed by atoms with E-state index in [2.05, 4.69) is 34.9 Å². The number of hydrogen-bond donors (Lipinski definition) is 3. The number of alkyl carbamates (subject to hydrolysis) is 1. The topological polar surface area (TPSA) is 105 Å². The molecule has 35 heavy (non-hydrogen) atoms. The summed E-state index contributed by atoms with van der Waals surface area (Å²) in [5.74, 6) is -1.32.